The van der Waals surface area contributed by atoms with Gasteiger partial charge in [-0.1, -0.05) is 6.07 Å². The Hall–Kier alpha value is -4.03. The number of aliphatic hydroxyl groups excluding tert-OH is 1. The molecule has 2 N–H and O–H groups in total. The molecule has 1 atom stereocenters. The van der Waals surface area contributed by atoms with Crippen molar-refractivity contribution in [1.29, 1.82) is 0 Å². The van der Waals surface area contributed by atoms with Gasteiger partial charge in [0.05, 0.1) is 17.8 Å². The highest BCUT2D eigenvalue weighted by Crippen LogP contribution is 2.26. The van der Waals surface area contributed by atoms with Gasteiger partial charge in [0.1, 0.15) is 23.9 Å². The minimum absolute atomic E-state index is 0.0492. The molecule has 1 aromatic carbocycles. The number of benzene rings is 1. The largest absolute Gasteiger partial charge is 0.486 e. The zero-order valence-electron chi connectivity index (χ0n) is 26.2. The van der Waals surface area contributed by atoms with Crippen LogP contribution in [0.4, 0.5) is 11.8 Å². The minimum Gasteiger partial charge on any atom is -0.486 e. The van der Waals surface area contributed by atoms with E-state index in [1.165, 1.54) is 23.9 Å². The third-order valence-electron chi connectivity index (χ3n) is 9.00. The molecule has 3 aliphatic heterocycles. The van der Waals surface area contributed by atoms with Crippen LogP contribution in [0.3, 0.4) is 0 Å². The number of hydrogen-bond donors (Lipinski definition) is 2. The standard InChI is InChI=1S/C33H43N7O5/c1-22-31(45-21-34-22)20-44-28-8-6-25-16-38(13-10-24(25)14-28)19-27(42)7-9-30(43)29-15-32(39-11-4-3-5-12-39)37-33(36-29)35-26-17-40(18-26)23(2)41/h6,8,14-15,21,26-27,42H,3-5,7,9-13,16-20H2,1-2H3,(H,35,36,37)/t27-/m0/s1. The second kappa shape index (κ2) is 13.9. The summed E-state index contributed by atoms with van der Waals surface area (Å²) in [4.78, 5) is 44.5. The van der Waals surface area contributed by atoms with Crippen molar-refractivity contribution in [3.05, 3.63) is 58.9 Å². The lowest BCUT2D eigenvalue weighted by Gasteiger charge is -2.39. The highest BCUT2D eigenvalue weighted by Gasteiger charge is 2.30. The molecule has 3 aromatic rings. The van der Waals surface area contributed by atoms with Crippen molar-refractivity contribution in [2.45, 2.75) is 77.7 Å². The van der Waals surface area contributed by atoms with E-state index in [9.17, 15) is 14.7 Å². The topological polar surface area (TPSA) is 137 Å². The number of aryl methyl sites for hydroxylation is 1. The molecule has 0 radical (unpaired) electrons. The summed E-state index contributed by atoms with van der Waals surface area (Å²) >= 11 is 0. The number of aromatic nitrogens is 3. The third kappa shape index (κ3) is 7.80. The second-order valence-corrected chi connectivity index (χ2v) is 12.4. The summed E-state index contributed by atoms with van der Waals surface area (Å²) in [5.74, 6) is 2.65. The average Bonchev–Trinajstić information content (AvgIpc) is 3.44. The van der Waals surface area contributed by atoms with Gasteiger partial charge in [-0.05, 0) is 62.3 Å². The van der Waals surface area contributed by atoms with Gasteiger partial charge in [-0.3, -0.25) is 14.5 Å². The maximum atomic E-state index is 13.3. The fraction of sp³-hybridized carbons (Fsp3) is 0.545. The fourth-order valence-electron chi connectivity index (χ4n) is 6.20. The number of β-amino-alcohol motifs (C(OH)–C–C–N with tert-alkyl or cyclic N) is 1. The Morgan fingerprint density at radius 1 is 1.11 bits per heavy atom. The second-order valence-electron chi connectivity index (χ2n) is 12.4. The van der Waals surface area contributed by atoms with Crippen molar-refractivity contribution >= 4 is 23.5 Å². The monoisotopic (exact) mass is 617 g/mol. The summed E-state index contributed by atoms with van der Waals surface area (Å²) in [5.41, 5.74) is 3.66. The van der Waals surface area contributed by atoms with Crippen LogP contribution in [-0.4, -0.2) is 93.0 Å². The first-order valence-electron chi connectivity index (χ1n) is 16.0. The number of anilines is 2. The lowest BCUT2D eigenvalue weighted by atomic mass is 9.98. The van der Waals surface area contributed by atoms with Crippen LogP contribution < -0.4 is 15.0 Å². The Morgan fingerprint density at radius 2 is 1.93 bits per heavy atom. The molecular formula is C33H43N7O5. The van der Waals surface area contributed by atoms with Gasteiger partial charge in [-0.15, -0.1) is 0 Å². The molecule has 45 heavy (non-hydrogen) atoms. The van der Waals surface area contributed by atoms with Gasteiger partial charge in [-0.25, -0.2) is 9.97 Å². The number of amides is 1. The summed E-state index contributed by atoms with van der Waals surface area (Å²) in [6.07, 6.45) is 5.61. The molecule has 2 fully saturated rings. The Kier molecular flexibility index (Phi) is 9.60. The number of hydrogen-bond acceptors (Lipinski definition) is 11. The maximum Gasteiger partial charge on any atom is 0.225 e. The Morgan fingerprint density at radius 3 is 2.69 bits per heavy atom. The first-order chi connectivity index (χ1) is 21.8. The summed E-state index contributed by atoms with van der Waals surface area (Å²) in [6.45, 7) is 8.87. The number of ketones is 1. The number of nitrogens with one attached hydrogen (secondary N) is 1. The van der Waals surface area contributed by atoms with Crippen molar-refractivity contribution in [2.75, 3.05) is 49.5 Å². The van der Waals surface area contributed by atoms with E-state index in [0.29, 0.717) is 44.3 Å². The number of carbonyl (C=O) groups is 2. The van der Waals surface area contributed by atoms with Gasteiger partial charge in [0.25, 0.3) is 0 Å². The van der Waals surface area contributed by atoms with Crippen molar-refractivity contribution in [2.24, 2.45) is 0 Å². The molecule has 3 aliphatic rings. The first kappa shape index (κ1) is 31.0. The fourth-order valence-corrected chi connectivity index (χ4v) is 6.20. The minimum atomic E-state index is -0.628. The molecule has 0 unspecified atom stereocenters. The molecule has 2 aromatic heterocycles. The van der Waals surface area contributed by atoms with Crippen molar-refractivity contribution in [3.8, 4) is 5.75 Å². The number of oxazole rings is 1. The van der Waals surface area contributed by atoms with Crippen LogP contribution in [0, 0.1) is 6.92 Å². The first-order valence-corrected chi connectivity index (χ1v) is 16.0. The molecule has 12 heteroatoms. The SMILES string of the molecule is CC(=O)N1CC(Nc2nc(C(=O)CC[C@H](O)CN3CCc4cc(OCc5ocnc5C)ccc4C3)cc(N3CCCCC3)n2)C1. The molecule has 240 valence electrons. The van der Waals surface area contributed by atoms with Gasteiger partial charge in [0.15, 0.2) is 17.9 Å². The number of aliphatic hydroxyl groups is 1. The Bertz CT molecular complexity index is 1500. The molecule has 2 saturated heterocycles. The summed E-state index contributed by atoms with van der Waals surface area (Å²) in [6, 6.07) is 7.99. The predicted molar refractivity (Wildman–Crippen MR) is 168 cm³/mol. The highest BCUT2D eigenvalue weighted by molar-refractivity contribution is 5.95. The Balaban J connectivity index is 1.02. The summed E-state index contributed by atoms with van der Waals surface area (Å²) < 4.78 is 11.3. The molecule has 0 aliphatic carbocycles. The average molecular weight is 618 g/mol. The lowest BCUT2D eigenvalue weighted by Crippen LogP contribution is -2.56. The number of ether oxygens (including phenoxy) is 1. The van der Waals surface area contributed by atoms with E-state index in [4.69, 9.17) is 14.1 Å². The van der Waals surface area contributed by atoms with Gasteiger partial charge in [-0.2, -0.15) is 4.98 Å². The van der Waals surface area contributed by atoms with Crippen LogP contribution in [0.1, 0.15) is 72.1 Å². The van der Waals surface area contributed by atoms with E-state index in [1.54, 1.807) is 17.9 Å². The van der Waals surface area contributed by atoms with Gasteiger partial charge in [0, 0.05) is 65.2 Å². The zero-order chi connectivity index (χ0) is 31.3. The van der Waals surface area contributed by atoms with Crippen LogP contribution in [0.2, 0.25) is 0 Å². The van der Waals surface area contributed by atoms with E-state index >= 15 is 0 Å². The van der Waals surface area contributed by atoms with Crippen LogP contribution in [-0.2, 0) is 24.4 Å². The molecule has 5 heterocycles. The number of likely N-dealkylation sites (tertiary alicyclic amines) is 1. The predicted octanol–water partition coefficient (Wildman–Crippen LogP) is 3.37. The number of carbonyl (C=O) groups excluding carboxylic acids is 2. The zero-order valence-corrected chi connectivity index (χ0v) is 26.2. The van der Waals surface area contributed by atoms with E-state index < -0.39 is 6.10 Å². The third-order valence-corrected chi connectivity index (χ3v) is 9.00. The number of rotatable bonds is 12. The summed E-state index contributed by atoms with van der Waals surface area (Å²) in [7, 11) is 0. The molecule has 12 nitrogen and oxygen atoms in total. The lowest BCUT2D eigenvalue weighted by molar-refractivity contribution is -0.132. The molecule has 1 amide bonds. The van der Waals surface area contributed by atoms with Crippen molar-refractivity contribution in [3.63, 3.8) is 0 Å². The van der Waals surface area contributed by atoms with Crippen molar-refractivity contribution < 1.29 is 23.8 Å². The van der Waals surface area contributed by atoms with Gasteiger partial charge >= 0.3 is 0 Å². The normalized spacial score (nSPS) is 17.8. The Labute approximate surface area is 263 Å². The van der Waals surface area contributed by atoms with Gasteiger partial charge < -0.3 is 29.4 Å². The molecule has 0 spiro atoms. The smallest absolute Gasteiger partial charge is 0.225 e. The van der Waals surface area contributed by atoms with Crippen LogP contribution in [0.15, 0.2) is 35.1 Å². The molecule has 6 rings (SSSR count). The molecule has 0 saturated carbocycles. The van der Waals surface area contributed by atoms with E-state index in [-0.39, 0.29) is 24.2 Å². The van der Waals surface area contributed by atoms with Crippen LogP contribution in [0.5, 0.6) is 5.75 Å². The van der Waals surface area contributed by atoms with E-state index in [1.807, 2.05) is 13.0 Å². The highest BCUT2D eigenvalue weighted by atomic mass is 16.5. The van der Waals surface area contributed by atoms with Crippen LogP contribution >= 0.6 is 0 Å². The quantitative estimate of drug-likeness (QED) is 0.290. The number of Topliss-reactive ketones (excluding diaryl/α,β-unsaturated/α-hetero) is 1. The number of piperidine rings is 1. The number of nitrogens with zero attached hydrogens (tertiary/aromatic N) is 6. The van der Waals surface area contributed by atoms with Crippen LogP contribution in [0.25, 0.3) is 0 Å². The maximum absolute atomic E-state index is 13.3. The molecular weight excluding hydrogens is 574 g/mol. The number of fused-ring (bicyclic) bond motifs is 1. The van der Waals surface area contributed by atoms with Gasteiger partial charge in [0.2, 0.25) is 11.9 Å². The van der Waals surface area contributed by atoms with E-state index in [0.717, 1.165) is 68.5 Å². The molecule has 0 bridgehead atoms. The summed E-state index contributed by atoms with van der Waals surface area (Å²) in [5, 5.41) is 14.2. The van der Waals surface area contributed by atoms with E-state index in [2.05, 4.69) is 37.2 Å². The van der Waals surface area contributed by atoms with Crippen molar-refractivity contribution in [1.82, 2.24) is 24.8 Å².